The monoisotopic (exact) mass is 298 g/mol. The molecule has 0 aliphatic rings. The van der Waals surface area contributed by atoms with E-state index in [-0.39, 0.29) is 17.2 Å². The van der Waals surface area contributed by atoms with Gasteiger partial charge in [0.05, 0.1) is 5.01 Å². The SMILES string of the molecule is NCCc1nc(C(=O)Cc2ccc(F)cc2Cl)cs1. The molecule has 0 atom stereocenters. The van der Waals surface area contributed by atoms with E-state index in [1.54, 1.807) is 5.38 Å². The third-order valence-electron chi connectivity index (χ3n) is 2.56. The predicted octanol–water partition coefficient (Wildman–Crippen LogP) is 2.86. The number of rotatable bonds is 5. The summed E-state index contributed by atoms with van der Waals surface area (Å²) in [7, 11) is 0. The first kappa shape index (κ1) is 14.1. The van der Waals surface area contributed by atoms with Crippen LogP contribution in [0.1, 0.15) is 21.1 Å². The zero-order valence-electron chi connectivity index (χ0n) is 10.0. The van der Waals surface area contributed by atoms with Crippen molar-refractivity contribution >= 4 is 28.7 Å². The van der Waals surface area contributed by atoms with Crippen LogP contribution < -0.4 is 5.73 Å². The summed E-state index contributed by atoms with van der Waals surface area (Å²) in [6.07, 6.45) is 0.778. The molecule has 2 N–H and O–H groups in total. The minimum Gasteiger partial charge on any atom is -0.330 e. The third kappa shape index (κ3) is 3.59. The Kier molecular flexibility index (Phi) is 4.63. The Morgan fingerprint density at radius 3 is 2.95 bits per heavy atom. The fraction of sp³-hybridized carbons (Fsp3) is 0.231. The lowest BCUT2D eigenvalue weighted by Gasteiger charge is -2.02. The molecule has 19 heavy (non-hydrogen) atoms. The van der Waals surface area contributed by atoms with Gasteiger partial charge in [-0.2, -0.15) is 0 Å². The van der Waals surface area contributed by atoms with Crippen LogP contribution in [0.4, 0.5) is 4.39 Å². The summed E-state index contributed by atoms with van der Waals surface area (Å²) in [6.45, 7) is 0.505. The average molecular weight is 299 g/mol. The number of benzene rings is 1. The normalized spacial score (nSPS) is 10.7. The molecule has 0 saturated carbocycles. The molecule has 0 unspecified atom stereocenters. The number of thiazole rings is 1. The van der Waals surface area contributed by atoms with Crippen molar-refractivity contribution in [2.24, 2.45) is 5.73 Å². The highest BCUT2D eigenvalue weighted by atomic mass is 35.5. The number of nitrogens with zero attached hydrogens (tertiary/aromatic N) is 1. The van der Waals surface area contributed by atoms with E-state index in [1.807, 2.05) is 0 Å². The van der Waals surface area contributed by atoms with Crippen LogP contribution in [0.3, 0.4) is 0 Å². The Bertz CT molecular complexity index is 600. The summed E-state index contributed by atoms with van der Waals surface area (Å²) in [4.78, 5) is 16.2. The van der Waals surface area contributed by atoms with Crippen LogP contribution >= 0.6 is 22.9 Å². The van der Waals surface area contributed by atoms with E-state index in [1.165, 1.54) is 29.5 Å². The van der Waals surface area contributed by atoms with Crippen molar-refractivity contribution in [3.05, 3.63) is 50.7 Å². The Balaban J connectivity index is 2.11. The maximum Gasteiger partial charge on any atom is 0.186 e. The molecule has 0 aliphatic heterocycles. The topological polar surface area (TPSA) is 56.0 Å². The van der Waals surface area contributed by atoms with E-state index < -0.39 is 5.82 Å². The van der Waals surface area contributed by atoms with Crippen LogP contribution in [0.2, 0.25) is 5.02 Å². The van der Waals surface area contributed by atoms with E-state index >= 15 is 0 Å². The zero-order chi connectivity index (χ0) is 13.8. The van der Waals surface area contributed by atoms with Gasteiger partial charge in [-0.05, 0) is 24.2 Å². The molecular weight excluding hydrogens is 287 g/mol. The second-order valence-electron chi connectivity index (χ2n) is 4.00. The average Bonchev–Trinajstić information content (AvgIpc) is 2.82. The van der Waals surface area contributed by atoms with Crippen molar-refractivity contribution in [1.29, 1.82) is 0 Å². The summed E-state index contributed by atoms with van der Waals surface area (Å²) >= 11 is 7.30. The van der Waals surface area contributed by atoms with Crippen LogP contribution in [-0.2, 0) is 12.8 Å². The van der Waals surface area contributed by atoms with Gasteiger partial charge in [-0.15, -0.1) is 11.3 Å². The van der Waals surface area contributed by atoms with Crippen molar-refractivity contribution < 1.29 is 9.18 Å². The summed E-state index contributed by atoms with van der Waals surface area (Å²) in [5.74, 6) is -0.548. The van der Waals surface area contributed by atoms with Gasteiger partial charge >= 0.3 is 0 Å². The highest BCUT2D eigenvalue weighted by molar-refractivity contribution is 7.09. The van der Waals surface area contributed by atoms with E-state index in [0.29, 0.717) is 24.2 Å². The molecule has 1 aromatic heterocycles. The van der Waals surface area contributed by atoms with Crippen LogP contribution in [-0.4, -0.2) is 17.3 Å². The number of hydrogen-bond acceptors (Lipinski definition) is 4. The van der Waals surface area contributed by atoms with Crippen LogP contribution in [0.15, 0.2) is 23.6 Å². The Labute approximate surface area is 119 Å². The lowest BCUT2D eigenvalue weighted by molar-refractivity contribution is 0.0988. The van der Waals surface area contributed by atoms with Crippen molar-refractivity contribution in [2.75, 3.05) is 6.54 Å². The van der Waals surface area contributed by atoms with Crippen molar-refractivity contribution in [3.63, 3.8) is 0 Å². The minimum absolute atomic E-state index is 0.116. The molecular formula is C13H12ClFN2OS. The minimum atomic E-state index is -0.417. The summed E-state index contributed by atoms with van der Waals surface area (Å²) in [6, 6.07) is 4.00. The highest BCUT2D eigenvalue weighted by Gasteiger charge is 2.13. The summed E-state index contributed by atoms with van der Waals surface area (Å²) in [5, 5.41) is 2.81. The molecule has 0 radical (unpaired) electrons. The Morgan fingerprint density at radius 2 is 2.26 bits per heavy atom. The van der Waals surface area contributed by atoms with Crippen LogP contribution in [0.25, 0.3) is 0 Å². The van der Waals surface area contributed by atoms with E-state index in [4.69, 9.17) is 17.3 Å². The number of hydrogen-bond donors (Lipinski definition) is 1. The number of halogens is 2. The molecule has 1 aromatic carbocycles. The number of carbonyl (C=O) groups excluding carboxylic acids is 1. The maximum atomic E-state index is 12.9. The maximum absolute atomic E-state index is 12.9. The van der Waals surface area contributed by atoms with E-state index in [0.717, 1.165) is 5.01 Å². The fourth-order valence-electron chi connectivity index (χ4n) is 1.61. The van der Waals surface area contributed by atoms with Gasteiger partial charge in [0.2, 0.25) is 0 Å². The number of nitrogens with two attached hydrogens (primary N) is 1. The highest BCUT2D eigenvalue weighted by Crippen LogP contribution is 2.20. The Hall–Kier alpha value is -1.30. The van der Waals surface area contributed by atoms with Gasteiger partial charge in [0.25, 0.3) is 0 Å². The number of carbonyl (C=O) groups is 1. The molecule has 0 bridgehead atoms. The second kappa shape index (κ2) is 6.23. The molecule has 0 aliphatic carbocycles. The first-order valence-corrected chi connectivity index (χ1v) is 6.97. The van der Waals surface area contributed by atoms with Gasteiger partial charge in [0.1, 0.15) is 11.5 Å². The molecule has 0 amide bonds. The van der Waals surface area contributed by atoms with Gasteiger partial charge < -0.3 is 5.73 Å². The molecule has 6 heteroatoms. The summed E-state index contributed by atoms with van der Waals surface area (Å²) < 4.78 is 12.9. The number of ketones is 1. The van der Waals surface area contributed by atoms with Crippen molar-refractivity contribution in [1.82, 2.24) is 4.98 Å². The molecule has 0 saturated heterocycles. The van der Waals surface area contributed by atoms with Crippen LogP contribution in [0.5, 0.6) is 0 Å². The first-order valence-electron chi connectivity index (χ1n) is 5.71. The van der Waals surface area contributed by atoms with Gasteiger partial charge in [-0.3, -0.25) is 4.79 Å². The molecule has 0 spiro atoms. The third-order valence-corrected chi connectivity index (χ3v) is 3.82. The standard InChI is InChI=1S/C13H12ClFN2OS/c14-10-6-9(15)2-1-8(10)5-12(18)11-7-19-13(17-11)3-4-16/h1-2,6-7H,3-5,16H2. The van der Waals surface area contributed by atoms with Crippen LogP contribution in [0, 0.1) is 5.82 Å². The molecule has 2 aromatic rings. The molecule has 3 nitrogen and oxygen atoms in total. The smallest absolute Gasteiger partial charge is 0.186 e. The van der Waals surface area contributed by atoms with Crippen molar-refractivity contribution in [3.8, 4) is 0 Å². The summed E-state index contributed by atoms with van der Waals surface area (Å²) in [5.41, 5.74) is 6.44. The Morgan fingerprint density at radius 1 is 1.47 bits per heavy atom. The second-order valence-corrected chi connectivity index (χ2v) is 5.35. The zero-order valence-corrected chi connectivity index (χ0v) is 11.6. The molecule has 0 fully saturated rings. The van der Waals surface area contributed by atoms with Gasteiger partial charge in [0.15, 0.2) is 5.78 Å². The quantitative estimate of drug-likeness (QED) is 0.864. The fourth-order valence-corrected chi connectivity index (χ4v) is 2.66. The van der Waals surface area contributed by atoms with Gasteiger partial charge in [-0.1, -0.05) is 17.7 Å². The first-order chi connectivity index (χ1) is 9.10. The van der Waals surface area contributed by atoms with Gasteiger partial charge in [-0.25, -0.2) is 9.37 Å². The van der Waals surface area contributed by atoms with E-state index in [9.17, 15) is 9.18 Å². The molecule has 100 valence electrons. The predicted molar refractivity (Wildman–Crippen MR) is 74.3 cm³/mol. The van der Waals surface area contributed by atoms with Crippen molar-refractivity contribution in [2.45, 2.75) is 12.8 Å². The lowest BCUT2D eigenvalue weighted by Crippen LogP contribution is -2.06. The number of aromatic nitrogens is 1. The van der Waals surface area contributed by atoms with Gasteiger partial charge in [0, 0.05) is 23.2 Å². The van der Waals surface area contributed by atoms with E-state index in [2.05, 4.69) is 4.98 Å². The molecule has 2 rings (SSSR count). The lowest BCUT2D eigenvalue weighted by atomic mass is 10.1. The number of Topliss-reactive ketones (excluding diaryl/α,β-unsaturated/α-hetero) is 1. The largest absolute Gasteiger partial charge is 0.330 e. The molecule has 1 heterocycles.